The highest BCUT2D eigenvalue weighted by Crippen LogP contribution is 2.10. The molecule has 1 amide bonds. The molecule has 5 heteroatoms. The lowest BCUT2D eigenvalue weighted by molar-refractivity contribution is -0.116. The third-order valence-electron chi connectivity index (χ3n) is 2.98. The van der Waals surface area contributed by atoms with Crippen LogP contribution in [0.5, 0.6) is 0 Å². The van der Waals surface area contributed by atoms with E-state index in [9.17, 15) is 4.79 Å². The number of aliphatic hydroxyl groups excluding tert-OH is 1. The number of nitriles is 1. The molecular formula is C14H19N3O2. The van der Waals surface area contributed by atoms with Crippen molar-refractivity contribution in [3.8, 4) is 6.07 Å². The SMILES string of the molecule is CC(CO)N(C)CCC(=O)Nc1cccc(C#N)c1. The molecule has 0 aliphatic heterocycles. The van der Waals surface area contributed by atoms with Crippen molar-refractivity contribution in [2.24, 2.45) is 0 Å². The van der Waals surface area contributed by atoms with E-state index in [1.807, 2.05) is 24.9 Å². The summed E-state index contributed by atoms with van der Waals surface area (Å²) < 4.78 is 0. The molecule has 0 aliphatic carbocycles. The van der Waals surface area contributed by atoms with Crippen molar-refractivity contribution in [1.29, 1.82) is 5.26 Å². The maximum atomic E-state index is 11.7. The summed E-state index contributed by atoms with van der Waals surface area (Å²) in [5, 5.41) is 20.5. The number of nitrogens with one attached hydrogen (secondary N) is 1. The quantitative estimate of drug-likeness (QED) is 0.806. The number of anilines is 1. The van der Waals surface area contributed by atoms with Gasteiger partial charge in [-0.1, -0.05) is 6.07 Å². The highest BCUT2D eigenvalue weighted by Gasteiger charge is 2.10. The molecule has 0 fully saturated rings. The molecule has 1 aromatic carbocycles. The van der Waals surface area contributed by atoms with Crippen LogP contribution in [0.3, 0.4) is 0 Å². The number of carbonyl (C=O) groups is 1. The number of carbonyl (C=O) groups excluding carboxylic acids is 1. The fourth-order valence-electron chi connectivity index (χ4n) is 1.53. The number of nitrogens with zero attached hydrogens (tertiary/aromatic N) is 2. The monoisotopic (exact) mass is 261 g/mol. The summed E-state index contributed by atoms with van der Waals surface area (Å²) in [6.07, 6.45) is 0.345. The average Bonchev–Trinajstić information content (AvgIpc) is 2.44. The van der Waals surface area contributed by atoms with Crippen LogP contribution >= 0.6 is 0 Å². The third-order valence-corrected chi connectivity index (χ3v) is 2.98. The van der Waals surface area contributed by atoms with Crippen molar-refractivity contribution < 1.29 is 9.90 Å². The number of likely N-dealkylation sites (N-methyl/N-ethyl adjacent to an activating group) is 1. The number of rotatable bonds is 6. The fourth-order valence-corrected chi connectivity index (χ4v) is 1.53. The van der Waals surface area contributed by atoms with E-state index in [4.69, 9.17) is 10.4 Å². The first-order valence-corrected chi connectivity index (χ1v) is 6.18. The van der Waals surface area contributed by atoms with Crippen molar-refractivity contribution in [3.05, 3.63) is 29.8 Å². The zero-order chi connectivity index (χ0) is 14.3. The van der Waals surface area contributed by atoms with Crippen LogP contribution in [0.2, 0.25) is 0 Å². The highest BCUT2D eigenvalue weighted by atomic mass is 16.3. The van der Waals surface area contributed by atoms with Crippen LogP contribution in [0.15, 0.2) is 24.3 Å². The molecule has 1 unspecified atom stereocenters. The standard InChI is InChI=1S/C14H19N3O2/c1-11(10-18)17(2)7-6-14(19)16-13-5-3-4-12(8-13)9-15/h3-5,8,11,18H,6-7,10H2,1-2H3,(H,16,19). The minimum absolute atomic E-state index is 0.0368. The Kier molecular flexibility index (Phi) is 6.00. The number of benzene rings is 1. The smallest absolute Gasteiger partial charge is 0.225 e. The van der Waals surface area contributed by atoms with Gasteiger partial charge in [0, 0.05) is 24.7 Å². The van der Waals surface area contributed by atoms with Crippen molar-refractivity contribution in [3.63, 3.8) is 0 Å². The van der Waals surface area contributed by atoms with Crippen molar-refractivity contribution in [2.45, 2.75) is 19.4 Å². The lowest BCUT2D eigenvalue weighted by atomic mass is 10.2. The highest BCUT2D eigenvalue weighted by molar-refractivity contribution is 5.90. The molecule has 1 rings (SSSR count). The summed E-state index contributed by atoms with van der Waals surface area (Å²) in [6.45, 7) is 2.54. The minimum atomic E-state index is -0.105. The maximum Gasteiger partial charge on any atom is 0.225 e. The minimum Gasteiger partial charge on any atom is -0.395 e. The summed E-state index contributed by atoms with van der Waals surface area (Å²) in [5.41, 5.74) is 1.14. The summed E-state index contributed by atoms with van der Waals surface area (Å²) in [7, 11) is 1.87. The van der Waals surface area contributed by atoms with E-state index in [0.717, 1.165) is 0 Å². The predicted octanol–water partition coefficient (Wildman–Crippen LogP) is 1.20. The first-order valence-electron chi connectivity index (χ1n) is 6.18. The van der Waals surface area contributed by atoms with Gasteiger partial charge in [0.25, 0.3) is 0 Å². The second-order valence-corrected chi connectivity index (χ2v) is 4.50. The normalized spacial score (nSPS) is 11.9. The van der Waals surface area contributed by atoms with Gasteiger partial charge < -0.3 is 15.3 Å². The van der Waals surface area contributed by atoms with Gasteiger partial charge in [-0.05, 0) is 32.2 Å². The van der Waals surface area contributed by atoms with E-state index in [1.54, 1.807) is 24.3 Å². The molecule has 0 spiro atoms. The summed E-state index contributed by atoms with van der Waals surface area (Å²) in [6, 6.07) is 8.87. The maximum absolute atomic E-state index is 11.7. The third kappa shape index (κ3) is 5.08. The number of aliphatic hydroxyl groups is 1. The van der Waals surface area contributed by atoms with E-state index >= 15 is 0 Å². The van der Waals surface area contributed by atoms with Gasteiger partial charge in [-0.3, -0.25) is 4.79 Å². The molecule has 0 radical (unpaired) electrons. The van der Waals surface area contributed by atoms with Gasteiger partial charge in [0.15, 0.2) is 0 Å². The topological polar surface area (TPSA) is 76.4 Å². The van der Waals surface area contributed by atoms with Crippen LogP contribution in [0, 0.1) is 11.3 Å². The van der Waals surface area contributed by atoms with Gasteiger partial charge >= 0.3 is 0 Å². The Bertz CT molecular complexity index is 468. The molecular weight excluding hydrogens is 242 g/mol. The van der Waals surface area contributed by atoms with Crippen LogP contribution in [-0.4, -0.2) is 42.2 Å². The van der Waals surface area contributed by atoms with Crippen LogP contribution in [-0.2, 0) is 4.79 Å². The molecule has 0 aromatic heterocycles. The zero-order valence-electron chi connectivity index (χ0n) is 11.3. The molecule has 0 saturated carbocycles. The average molecular weight is 261 g/mol. The fraction of sp³-hybridized carbons (Fsp3) is 0.429. The number of amides is 1. The van der Waals surface area contributed by atoms with Crippen LogP contribution in [0.25, 0.3) is 0 Å². The Hall–Kier alpha value is -1.90. The van der Waals surface area contributed by atoms with E-state index in [0.29, 0.717) is 24.2 Å². The van der Waals surface area contributed by atoms with E-state index in [1.165, 1.54) is 0 Å². The van der Waals surface area contributed by atoms with Crippen LogP contribution < -0.4 is 5.32 Å². The molecule has 0 saturated heterocycles. The molecule has 0 heterocycles. The molecule has 19 heavy (non-hydrogen) atoms. The Morgan fingerprint density at radius 1 is 1.58 bits per heavy atom. The van der Waals surface area contributed by atoms with Crippen molar-refractivity contribution >= 4 is 11.6 Å². The van der Waals surface area contributed by atoms with Gasteiger partial charge in [-0.2, -0.15) is 5.26 Å². The Labute approximate surface area is 113 Å². The zero-order valence-corrected chi connectivity index (χ0v) is 11.3. The first kappa shape index (κ1) is 15.2. The largest absolute Gasteiger partial charge is 0.395 e. The second kappa shape index (κ2) is 7.52. The lowest BCUT2D eigenvalue weighted by Crippen LogP contribution is -2.34. The van der Waals surface area contributed by atoms with E-state index in [2.05, 4.69) is 5.32 Å². The van der Waals surface area contributed by atoms with Gasteiger partial charge in [-0.25, -0.2) is 0 Å². The predicted molar refractivity (Wildman–Crippen MR) is 73.6 cm³/mol. The van der Waals surface area contributed by atoms with Gasteiger partial charge in [0.05, 0.1) is 18.2 Å². The van der Waals surface area contributed by atoms with Gasteiger partial charge in [0.1, 0.15) is 0 Å². The second-order valence-electron chi connectivity index (χ2n) is 4.50. The van der Waals surface area contributed by atoms with Crippen LogP contribution in [0.1, 0.15) is 18.9 Å². The molecule has 5 nitrogen and oxygen atoms in total. The van der Waals surface area contributed by atoms with Gasteiger partial charge in [0.2, 0.25) is 5.91 Å². The van der Waals surface area contributed by atoms with E-state index in [-0.39, 0.29) is 18.6 Å². The molecule has 1 atom stereocenters. The lowest BCUT2D eigenvalue weighted by Gasteiger charge is -2.22. The van der Waals surface area contributed by atoms with Crippen molar-refractivity contribution in [1.82, 2.24) is 4.90 Å². The van der Waals surface area contributed by atoms with Crippen LogP contribution in [0.4, 0.5) is 5.69 Å². The summed E-state index contributed by atoms with van der Waals surface area (Å²) >= 11 is 0. The Morgan fingerprint density at radius 3 is 2.95 bits per heavy atom. The molecule has 1 aromatic rings. The summed E-state index contributed by atoms with van der Waals surface area (Å²) in [5.74, 6) is -0.105. The Balaban J connectivity index is 2.45. The molecule has 0 aliphatic rings. The first-order chi connectivity index (χ1) is 9.06. The van der Waals surface area contributed by atoms with Crippen molar-refractivity contribution in [2.75, 3.05) is 25.5 Å². The van der Waals surface area contributed by atoms with Gasteiger partial charge in [-0.15, -0.1) is 0 Å². The molecule has 102 valence electrons. The molecule has 2 N–H and O–H groups in total. The van der Waals surface area contributed by atoms with E-state index < -0.39 is 0 Å². The number of hydrogen-bond donors (Lipinski definition) is 2. The number of hydrogen-bond acceptors (Lipinski definition) is 4. The molecule has 0 bridgehead atoms. The Morgan fingerprint density at radius 2 is 2.32 bits per heavy atom. The summed E-state index contributed by atoms with van der Waals surface area (Å²) in [4.78, 5) is 13.7.